The van der Waals surface area contributed by atoms with Crippen LogP contribution in [-0.4, -0.2) is 6.72 Å². The van der Waals surface area contributed by atoms with Crippen molar-refractivity contribution in [3.05, 3.63) is 84.4 Å². The lowest BCUT2D eigenvalue weighted by Gasteiger charge is -2.06. The van der Waals surface area contributed by atoms with Gasteiger partial charge in [0, 0.05) is 0 Å². The SMILES string of the molecule is C=NCc1cccc(-c2ccc(-c3ccccc3)cc2)c1. The summed E-state index contributed by atoms with van der Waals surface area (Å²) in [5, 5.41) is 0. The zero-order valence-electron chi connectivity index (χ0n) is 11.9. The van der Waals surface area contributed by atoms with Gasteiger partial charge in [-0.2, -0.15) is 0 Å². The number of benzene rings is 3. The Morgan fingerprint density at radius 1 is 0.619 bits per heavy atom. The van der Waals surface area contributed by atoms with E-state index in [1.807, 2.05) is 6.07 Å². The maximum atomic E-state index is 3.94. The molecule has 1 nitrogen and oxygen atoms in total. The molecule has 0 aliphatic heterocycles. The number of hydrogen-bond donors (Lipinski definition) is 0. The van der Waals surface area contributed by atoms with Gasteiger partial charge in [-0.3, -0.25) is 4.99 Å². The number of rotatable bonds is 4. The van der Waals surface area contributed by atoms with Crippen LogP contribution in [0.5, 0.6) is 0 Å². The predicted molar refractivity (Wildman–Crippen MR) is 90.6 cm³/mol. The van der Waals surface area contributed by atoms with Gasteiger partial charge in [-0.25, -0.2) is 0 Å². The van der Waals surface area contributed by atoms with Crippen LogP contribution in [0.3, 0.4) is 0 Å². The average molecular weight is 271 g/mol. The fourth-order valence-corrected chi connectivity index (χ4v) is 2.46. The molecule has 0 aliphatic rings. The first kappa shape index (κ1) is 13.3. The molecule has 0 N–H and O–H groups in total. The lowest BCUT2D eigenvalue weighted by molar-refractivity contribution is 1.08. The Labute approximate surface area is 125 Å². The molecule has 0 spiro atoms. The molecule has 0 atom stereocenters. The zero-order chi connectivity index (χ0) is 14.5. The van der Waals surface area contributed by atoms with Gasteiger partial charge in [0.2, 0.25) is 0 Å². The summed E-state index contributed by atoms with van der Waals surface area (Å²) in [6.45, 7) is 4.22. The van der Waals surface area contributed by atoms with Gasteiger partial charge >= 0.3 is 0 Å². The molecule has 0 aliphatic carbocycles. The smallest absolute Gasteiger partial charge is 0.0632 e. The van der Waals surface area contributed by atoms with Crippen molar-refractivity contribution in [3.8, 4) is 22.3 Å². The van der Waals surface area contributed by atoms with Gasteiger partial charge in [-0.1, -0.05) is 72.8 Å². The molecular weight excluding hydrogens is 254 g/mol. The van der Waals surface area contributed by atoms with E-state index >= 15 is 0 Å². The first-order valence-electron chi connectivity index (χ1n) is 7.04. The van der Waals surface area contributed by atoms with E-state index in [0.717, 1.165) is 0 Å². The fraction of sp³-hybridized carbons (Fsp3) is 0.0500. The molecule has 0 saturated carbocycles. The molecule has 0 saturated heterocycles. The van der Waals surface area contributed by atoms with Crippen LogP contribution in [0.2, 0.25) is 0 Å². The molecule has 0 radical (unpaired) electrons. The Morgan fingerprint density at radius 2 is 1.19 bits per heavy atom. The Morgan fingerprint density at radius 3 is 1.86 bits per heavy atom. The summed E-state index contributed by atoms with van der Waals surface area (Å²) in [6, 6.07) is 27.6. The van der Waals surface area contributed by atoms with Gasteiger partial charge in [-0.05, 0) is 40.6 Å². The molecule has 3 aromatic carbocycles. The van der Waals surface area contributed by atoms with Crippen LogP contribution in [0.1, 0.15) is 5.56 Å². The highest BCUT2D eigenvalue weighted by atomic mass is 14.7. The monoisotopic (exact) mass is 271 g/mol. The Kier molecular flexibility index (Phi) is 3.92. The number of aliphatic imine (C=N–C) groups is 1. The molecule has 21 heavy (non-hydrogen) atoms. The van der Waals surface area contributed by atoms with E-state index in [4.69, 9.17) is 0 Å². The maximum Gasteiger partial charge on any atom is 0.0632 e. The van der Waals surface area contributed by atoms with Crippen molar-refractivity contribution in [3.63, 3.8) is 0 Å². The summed E-state index contributed by atoms with van der Waals surface area (Å²) in [4.78, 5) is 3.94. The Hall–Kier alpha value is -2.67. The largest absolute Gasteiger partial charge is 0.296 e. The van der Waals surface area contributed by atoms with Crippen LogP contribution in [0, 0.1) is 0 Å². The third-order valence-electron chi connectivity index (χ3n) is 3.55. The van der Waals surface area contributed by atoms with E-state index in [2.05, 4.69) is 84.5 Å². The van der Waals surface area contributed by atoms with Crippen LogP contribution in [-0.2, 0) is 6.54 Å². The normalized spacial score (nSPS) is 10.3. The molecule has 0 amide bonds. The summed E-state index contributed by atoms with van der Waals surface area (Å²) in [5.41, 5.74) is 6.11. The van der Waals surface area contributed by atoms with E-state index in [9.17, 15) is 0 Å². The Balaban J connectivity index is 1.90. The predicted octanol–water partition coefficient (Wildman–Crippen LogP) is 5.22. The second-order valence-corrected chi connectivity index (χ2v) is 5.03. The third-order valence-corrected chi connectivity index (χ3v) is 3.55. The van der Waals surface area contributed by atoms with E-state index in [1.54, 1.807) is 0 Å². The minimum atomic E-state index is 0.663. The van der Waals surface area contributed by atoms with Crippen molar-refractivity contribution in [2.45, 2.75) is 6.54 Å². The van der Waals surface area contributed by atoms with Gasteiger partial charge in [0.25, 0.3) is 0 Å². The summed E-state index contributed by atoms with van der Waals surface area (Å²) in [5.74, 6) is 0. The lowest BCUT2D eigenvalue weighted by Crippen LogP contribution is -1.84. The fourth-order valence-electron chi connectivity index (χ4n) is 2.46. The molecule has 102 valence electrons. The second-order valence-electron chi connectivity index (χ2n) is 5.03. The summed E-state index contributed by atoms with van der Waals surface area (Å²) in [7, 11) is 0. The maximum absolute atomic E-state index is 3.94. The van der Waals surface area contributed by atoms with Gasteiger partial charge in [0.1, 0.15) is 0 Å². The highest BCUT2D eigenvalue weighted by Gasteiger charge is 2.01. The molecule has 0 unspecified atom stereocenters. The highest BCUT2D eigenvalue weighted by molar-refractivity contribution is 5.70. The molecule has 3 aromatic rings. The van der Waals surface area contributed by atoms with Crippen molar-refractivity contribution in [2.24, 2.45) is 4.99 Å². The summed E-state index contributed by atoms with van der Waals surface area (Å²) in [6.07, 6.45) is 0. The van der Waals surface area contributed by atoms with Gasteiger partial charge in [0.15, 0.2) is 0 Å². The van der Waals surface area contributed by atoms with E-state index in [0.29, 0.717) is 6.54 Å². The van der Waals surface area contributed by atoms with E-state index in [1.165, 1.54) is 27.8 Å². The van der Waals surface area contributed by atoms with Crippen molar-refractivity contribution in [2.75, 3.05) is 0 Å². The lowest BCUT2D eigenvalue weighted by atomic mass is 9.99. The van der Waals surface area contributed by atoms with Crippen molar-refractivity contribution < 1.29 is 0 Å². The first-order valence-corrected chi connectivity index (χ1v) is 7.04. The highest BCUT2D eigenvalue weighted by Crippen LogP contribution is 2.25. The van der Waals surface area contributed by atoms with Crippen LogP contribution < -0.4 is 0 Å². The topological polar surface area (TPSA) is 12.4 Å². The molecule has 3 rings (SSSR count). The van der Waals surface area contributed by atoms with Crippen LogP contribution in [0.25, 0.3) is 22.3 Å². The second kappa shape index (κ2) is 6.19. The van der Waals surface area contributed by atoms with Gasteiger partial charge in [0.05, 0.1) is 6.54 Å². The van der Waals surface area contributed by atoms with Crippen LogP contribution >= 0.6 is 0 Å². The summed E-state index contributed by atoms with van der Waals surface area (Å²) >= 11 is 0. The minimum Gasteiger partial charge on any atom is -0.296 e. The van der Waals surface area contributed by atoms with Crippen LogP contribution in [0.15, 0.2) is 83.9 Å². The van der Waals surface area contributed by atoms with Crippen molar-refractivity contribution >= 4 is 6.72 Å². The van der Waals surface area contributed by atoms with E-state index in [-0.39, 0.29) is 0 Å². The van der Waals surface area contributed by atoms with Crippen molar-refractivity contribution in [1.82, 2.24) is 0 Å². The van der Waals surface area contributed by atoms with E-state index < -0.39 is 0 Å². The number of nitrogens with zero attached hydrogens (tertiary/aromatic N) is 1. The summed E-state index contributed by atoms with van der Waals surface area (Å²) < 4.78 is 0. The Bertz CT molecular complexity index is 727. The molecule has 0 heterocycles. The standard InChI is InChI=1S/C20H17N/c1-21-15-16-6-5-9-20(14-16)19-12-10-18(11-13-19)17-7-3-2-4-8-17/h2-14H,1,15H2. The molecular formula is C20H17N. The molecule has 0 bridgehead atoms. The average Bonchev–Trinajstić information content (AvgIpc) is 2.56. The molecule has 0 aromatic heterocycles. The van der Waals surface area contributed by atoms with Gasteiger partial charge in [-0.15, -0.1) is 0 Å². The first-order chi connectivity index (χ1) is 10.4. The van der Waals surface area contributed by atoms with Crippen LogP contribution in [0.4, 0.5) is 0 Å². The van der Waals surface area contributed by atoms with Crippen molar-refractivity contribution in [1.29, 1.82) is 0 Å². The number of hydrogen-bond acceptors (Lipinski definition) is 1. The van der Waals surface area contributed by atoms with Gasteiger partial charge < -0.3 is 0 Å². The minimum absolute atomic E-state index is 0.663. The molecule has 1 heteroatoms. The zero-order valence-corrected chi connectivity index (χ0v) is 11.9. The quantitative estimate of drug-likeness (QED) is 0.577. The molecule has 0 fully saturated rings. The third kappa shape index (κ3) is 3.09.